The summed E-state index contributed by atoms with van der Waals surface area (Å²) < 4.78 is 20.2. The first-order chi connectivity index (χ1) is 19.5. The number of nitrogens with one attached hydrogen (secondary N) is 1. The lowest BCUT2D eigenvalue weighted by Crippen LogP contribution is -2.44. The van der Waals surface area contributed by atoms with Gasteiger partial charge in [-0.15, -0.1) is 0 Å². The van der Waals surface area contributed by atoms with Gasteiger partial charge in [0.05, 0.1) is 36.6 Å². The van der Waals surface area contributed by atoms with Gasteiger partial charge < -0.3 is 20.7 Å². The molecule has 0 atom stereocenters. The molecule has 1 saturated carbocycles. The molecule has 8 nitrogen and oxygen atoms in total. The van der Waals surface area contributed by atoms with E-state index in [9.17, 15) is 14.0 Å². The molecule has 0 saturated heterocycles. The number of hydrogen-bond donors (Lipinski definition) is 2. The fourth-order valence-corrected chi connectivity index (χ4v) is 6.16. The van der Waals surface area contributed by atoms with Gasteiger partial charge in [0.25, 0.3) is 5.56 Å². The van der Waals surface area contributed by atoms with E-state index in [-0.39, 0.29) is 30.4 Å². The molecule has 5 rings (SSSR count). The Kier molecular flexibility index (Phi) is 9.38. The average molecular weight is 566 g/mol. The van der Waals surface area contributed by atoms with Gasteiger partial charge in [-0.2, -0.15) is 0 Å². The van der Waals surface area contributed by atoms with Crippen LogP contribution in [0.15, 0.2) is 58.5 Å². The van der Waals surface area contributed by atoms with E-state index in [0.29, 0.717) is 52.7 Å². The summed E-state index contributed by atoms with van der Waals surface area (Å²) in [5.41, 5.74) is 8.59. The molecule has 1 aromatic heterocycles. The molecule has 2 aromatic carbocycles. The van der Waals surface area contributed by atoms with Crippen LogP contribution < -0.4 is 21.3 Å². The maximum atomic E-state index is 13.8. The van der Waals surface area contributed by atoms with E-state index >= 15 is 0 Å². The number of carbonyl (C=O) groups is 1. The van der Waals surface area contributed by atoms with Crippen molar-refractivity contribution in [1.82, 2.24) is 19.8 Å². The molecule has 0 unspecified atom stereocenters. The first-order valence-corrected chi connectivity index (χ1v) is 14.9. The third kappa shape index (κ3) is 7.03. The number of halogens is 1. The maximum absolute atomic E-state index is 13.8. The number of hydrogen-bond acceptors (Lipinski definition) is 7. The summed E-state index contributed by atoms with van der Waals surface area (Å²) in [7, 11) is 0. The maximum Gasteiger partial charge on any atom is 0.264 e. The topological polar surface area (TPSA) is 102 Å². The lowest BCUT2D eigenvalue weighted by molar-refractivity contribution is -0.131. The summed E-state index contributed by atoms with van der Waals surface area (Å²) in [5.74, 6) is 0.366. The van der Waals surface area contributed by atoms with E-state index in [1.807, 2.05) is 12.1 Å². The highest BCUT2D eigenvalue weighted by atomic mass is 32.2. The number of fused-ring (bicyclic) bond motifs is 1. The van der Waals surface area contributed by atoms with Crippen molar-refractivity contribution in [1.29, 1.82) is 0 Å². The van der Waals surface area contributed by atoms with Crippen LogP contribution in [0.5, 0.6) is 5.75 Å². The van der Waals surface area contributed by atoms with E-state index in [1.165, 1.54) is 18.6 Å². The molecule has 212 valence electrons. The van der Waals surface area contributed by atoms with E-state index in [2.05, 4.69) is 5.32 Å². The highest BCUT2D eigenvalue weighted by Gasteiger charge is 2.28. The van der Waals surface area contributed by atoms with Gasteiger partial charge in [-0.1, -0.05) is 24.2 Å². The second-order valence-corrected chi connectivity index (χ2v) is 11.6. The molecule has 0 radical (unpaired) electrons. The molecule has 1 fully saturated rings. The molecule has 0 bridgehead atoms. The van der Waals surface area contributed by atoms with Crippen molar-refractivity contribution >= 4 is 23.4 Å². The third-order valence-electron chi connectivity index (χ3n) is 7.36. The summed E-state index contributed by atoms with van der Waals surface area (Å²) in [5, 5.41) is 4.42. The van der Waals surface area contributed by atoms with Crippen LogP contribution in [-0.4, -0.2) is 51.8 Å². The summed E-state index contributed by atoms with van der Waals surface area (Å²) in [6.45, 7) is 2.33. The predicted octanol–water partition coefficient (Wildman–Crippen LogP) is 4.32. The normalized spacial score (nSPS) is 15.0. The minimum Gasteiger partial charge on any atom is -0.494 e. The lowest BCUT2D eigenvalue weighted by atomic mass is 10.0. The second kappa shape index (κ2) is 13.3. The number of unbranched alkanes of at least 4 members (excludes halogenated alkanes) is 2. The van der Waals surface area contributed by atoms with Crippen molar-refractivity contribution in [3.8, 4) is 11.4 Å². The minimum atomic E-state index is -0.277. The van der Waals surface area contributed by atoms with Gasteiger partial charge in [-0.25, -0.2) is 9.37 Å². The largest absolute Gasteiger partial charge is 0.494 e. The van der Waals surface area contributed by atoms with Gasteiger partial charge in [0.2, 0.25) is 5.91 Å². The Morgan fingerprint density at radius 1 is 1.15 bits per heavy atom. The molecule has 2 heterocycles. The van der Waals surface area contributed by atoms with Gasteiger partial charge in [-0.05, 0) is 81.1 Å². The SMILES string of the molecule is Nc1cccc(-n2c(SC3CCC3)nc3c(c2=O)CN(C(=O)CNCCCCCOc2ccc(F)cc2)CC3)c1. The molecule has 10 heteroatoms. The number of rotatable bonds is 12. The fourth-order valence-electron chi connectivity index (χ4n) is 4.83. The standard InChI is InChI=1S/C30H36FN5O3S/c31-21-10-12-24(13-11-21)39-17-3-1-2-15-33-19-28(37)35-16-14-27-26(20-35)29(38)36(23-7-4-6-22(32)18-23)30(34-27)40-25-8-5-9-25/h4,6-7,10-13,18,25,33H,1-3,5,8-9,14-17,19-20,32H2. The van der Waals surface area contributed by atoms with Crippen LogP contribution in [0.2, 0.25) is 0 Å². The average Bonchev–Trinajstić information content (AvgIpc) is 2.93. The molecule has 0 spiro atoms. The fraction of sp³-hybridized carbons (Fsp3) is 0.433. The van der Waals surface area contributed by atoms with Gasteiger partial charge in [0, 0.05) is 23.9 Å². The minimum absolute atomic E-state index is 0.0203. The number of thioether (sulfide) groups is 1. The number of benzene rings is 2. The van der Waals surface area contributed by atoms with Crippen LogP contribution in [0.4, 0.5) is 10.1 Å². The highest BCUT2D eigenvalue weighted by molar-refractivity contribution is 7.99. The summed E-state index contributed by atoms with van der Waals surface area (Å²) in [6, 6.07) is 13.3. The van der Waals surface area contributed by atoms with E-state index in [4.69, 9.17) is 15.5 Å². The molecule has 40 heavy (non-hydrogen) atoms. The monoisotopic (exact) mass is 565 g/mol. The first-order valence-electron chi connectivity index (χ1n) is 14.0. The Morgan fingerprint density at radius 2 is 1.98 bits per heavy atom. The summed E-state index contributed by atoms with van der Waals surface area (Å²) in [4.78, 5) is 33.4. The van der Waals surface area contributed by atoms with Crippen molar-refractivity contribution < 1.29 is 13.9 Å². The van der Waals surface area contributed by atoms with Crippen molar-refractivity contribution in [3.63, 3.8) is 0 Å². The Balaban J connectivity index is 1.13. The van der Waals surface area contributed by atoms with E-state index < -0.39 is 0 Å². The Hall–Kier alpha value is -3.37. The van der Waals surface area contributed by atoms with Crippen LogP contribution in [0.3, 0.4) is 0 Å². The quantitative estimate of drug-likeness (QED) is 0.192. The number of carbonyl (C=O) groups excluding carboxylic acids is 1. The second-order valence-electron chi connectivity index (χ2n) is 10.3. The van der Waals surface area contributed by atoms with Crippen LogP contribution in [0, 0.1) is 5.82 Å². The lowest BCUT2D eigenvalue weighted by Gasteiger charge is -2.30. The number of ether oxygens (including phenoxy) is 1. The summed E-state index contributed by atoms with van der Waals surface area (Å²) >= 11 is 1.67. The Morgan fingerprint density at radius 3 is 2.73 bits per heavy atom. The van der Waals surface area contributed by atoms with Crippen LogP contribution >= 0.6 is 11.8 Å². The predicted molar refractivity (Wildman–Crippen MR) is 155 cm³/mol. The summed E-state index contributed by atoms with van der Waals surface area (Å²) in [6.07, 6.45) is 6.79. The number of aromatic nitrogens is 2. The molecule has 1 aliphatic heterocycles. The molecule has 2 aliphatic rings. The number of nitrogens with zero attached hydrogens (tertiary/aromatic N) is 3. The van der Waals surface area contributed by atoms with E-state index in [0.717, 1.165) is 44.3 Å². The van der Waals surface area contributed by atoms with E-state index in [1.54, 1.807) is 45.5 Å². The van der Waals surface area contributed by atoms with Crippen molar-refractivity contribution in [2.75, 3.05) is 32.0 Å². The number of amides is 1. The van der Waals surface area contributed by atoms with Gasteiger partial charge in [0.15, 0.2) is 5.16 Å². The molecular weight excluding hydrogens is 529 g/mol. The van der Waals surface area contributed by atoms with Gasteiger partial charge in [0.1, 0.15) is 11.6 Å². The highest BCUT2D eigenvalue weighted by Crippen LogP contribution is 2.36. The molecule has 1 aliphatic carbocycles. The van der Waals surface area contributed by atoms with Gasteiger partial charge in [-0.3, -0.25) is 14.2 Å². The van der Waals surface area contributed by atoms with Crippen molar-refractivity contribution in [2.24, 2.45) is 0 Å². The number of nitrogen functional groups attached to an aromatic ring is 1. The molecular formula is C30H36FN5O3S. The van der Waals surface area contributed by atoms with Crippen LogP contribution in [-0.2, 0) is 17.8 Å². The Labute approximate surface area is 238 Å². The zero-order chi connectivity index (χ0) is 27.9. The molecule has 1 amide bonds. The van der Waals surface area contributed by atoms with Crippen LogP contribution in [0.25, 0.3) is 5.69 Å². The molecule has 3 N–H and O–H groups in total. The number of nitrogens with two attached hydrogens (primary N) is 1. The smallest absolute Gasteiger partial charge is 0.264 e. The molecule has 3 aromatic rings. The number of anilines is 1. The third-order valence-corrected chi connectivity index (χ3v) is 8.65. The Bertz CT molecular complexity index is 1380. The van der Waals surface area contributed by atoms with Crippen molar-refractivity contribution in [3.05, 3.63) is 76.0 Å². The van der Waals surface area contributed by atoms with Crippen molar-refractivity contribution in [2.45, 2.75) is 61.9 Å². The van der Waals surface area contributed by atoms with Crippen LogP contribution in [0.1, 0.15) is 49.8 Å². The first kappa shape index (κ1) is 28.2. The zero-order valence-corrected chi connectivity index (χ0v) is 23.4. The zero-order valence-electron chi connectivity index (χ0n) is 22.6. The van der Waals surface area contributed by atoms with Gasteiger partial charge >= 0.3 is 0 Å².